The van der Waals surface area contributed by atoms with Crippen LogP contribution in [-0.4, -0.2) is 29.6 Å². The summed E-state index contributed by atoms with van der Waals surface area (Å²) in [5.74, 6) is 0.957. The molecule has 1 heterocycles. The van der Waals surface area contributed by atoms with Gasteiger partial charge in [-0.1, -0.05) is 19.9 Å². The molecule has 1 aliphatic heterocycles. The Bertz CT molecular complexity index is 375. The maximum atomic E-state index is 9.59. The van der Waals surface area contributed by atoms with E-state index in [1.54, 1.807) is 0 Å². The molecule has 2 heteroatoms. The molecular formula is C15H23NO. The van der Waals surface area contributed by atoms with Crippen molar-refractivity contribution in [1.82, 2.24) is 4.90 Å². The third-order valence-electron chi connectivity index (χ3n) is 3.78. The lowest BCUT2D eigenvalue weighted by atomic mass is 9.89. The molecule has 94 valence electrons. The summed E-state index contributed by atoms with van der Waals surface area (Å²) in [5, 5.41) is 9.59. The molecule has 1 N–H and O–H groups in total. The lowest BCUT2D eigenvalue weighted by molar-refractivity contribution is 0.262. The predicted octanol–water partition coefficient (Wildman–Crippen LogP) is 3.15. The lowest BCUT2D eigenvalue weighted by Crippen LogP contribution is -2.30. The SMILES string of the molecule is CCCN1CCc2ccc(O)cc2[C@H](C)CC1. The molecule has 1 aromatic rings. The molecule has 2 rings (SSSR count). The molecule has 1 aromatic carbocycles. The first-order valence-electron chi connectivity index (χ1n) is 6.75. The number of hydrogen-bond donors (Lipinski definition) is 1. The fraction of sp³-hybridized carbons (Fsp3) is 0.600. The van der Waals surface area contributed by atoms with Crippen molar-refractivity contribution in [3.05, 3.63) is 29.3 Å². The summed E-state index contributed by atoms with van der Waals surface area (Å²) < 4.78 is 0. The highest BCUT2D eigenvalue weighted by Crippen LogP contribution is 2.29. The minimum atomic E-state index is 0.404. The first kappa shape index (κ1) is 12.4. The Kier molecular flexibility index (Phi) is 4.06. The van der Waals surface area contributed by atoms with E-state index < -0.39 is 0 Å². The minimum absolute atomic E-state index is 0.404. The molecule has 0 unspecified atom stereocenters. The molecule has 0 aromatic heterocycles. The second-order valence-electron chi connectivity index (χ2n) is 5.16. The summed E-state index contributed by atoms with van der Waals surface area (Å²) in [6.07, 6.45) is 3.53. The van der Waals surface area contributed by atoms with E-state index >= 15 is 0 Å². The molecule has 0 amide bonds. The van der Waals surface area contributed by atoms with Crippen molar-refractivity contribution in [3.8, 4) is 5.75 Å². The first-order chi connectivity index (χ1) is 8.20. The van der Waals surface area contributed by atoms with Crippen molar-refractivity contribution in [1.29, 1.82) is 0 Å². The van der Waals surface area contributed by atoms with E-state index in [-0.39, 0.29) is 0 Å². The summed E-state index contributed by atoms with van der Waals surface area (Å²) >= 11 is 0. The van der Waals surface area contributed by atoms with Crippen molar-refractivity contribution in [2.45, 2.75) is 39.0 Å². The van der Waals surface area contributed by atoms with Gasteiger partial charge in [0.2, 0.25) is 0 Å². The summed E-state index contributed by atoms with van der Waals surface area (Å²) in [5.41, 5.74) is 2.76. The number of rotatable bonds is 2. The summed E-state index contributed by atoms with van der Waals surface area (Å²) in [4.78, 5) is 2.56. The molecule has 17 heavy (non-hydrogen) atoms. The van der Waals surface area contributed by atoms with Gasteiger partial charge in [0.05, 0.1) is 0 Å². The molecular weight excluding hydrogens is 210 g/mol. The van der Waals surface area contributed by atoms with Crippen LogP contribution < -0.4 is 0 Å². The second kappa shape index (κ2) is 5.54. The van der Waals surface area contributed by atoms with Crippen molar-refractivity contribution in [2.75, 3.05) is 19.6 Å². The average molecular weight is 233 g/mol. The van der Waals surface area contributed by atoms with E-state index in [2.05, 4.69) is 24.8 Å². The maximum absolute atomic E-state index is 9.59. The van der Waals surface area contributed by atoms with Crippen LogP contribution in [0.5, 0.6) is 5.75 Å². The minimum Gasteiger partial charge on any atom is -0.508 e. The normalized spacial score (nSPS) is 21.6. The Hall–Kier alpha value is -1.02. The van der Waals surface area contributed by atoms with E-state index in [1.807, 2.05) is 12.1 Å². The molecule has 0 aliphatic carbocycles. The lowest BCUT2D eigenvalue weighted by Gasteiger charge is -2.28. The van der Waals surface area contributed by atoms with E-state index in [4.69, 9.17) is 0 Å². The van der Waals surface area contributed by atoms with Crippen LogP contribution in [0, 0.1) is 0 Å². The summed E-state index contributed by atoms with van der Waals surface area (Å²) in [7, 11) is 0. The Balaban J connectivity index is 2.18. The summed E-state index contributed by atoms with van der Waals surface area (Å²) in [6.45, 7) is 8.06. The van der Waals surface area contributed by atoms with E-state index in [0.717, 1.165) is 13.0 Å². The van der Waals surface area contributed by atoms with Crippen LogP contribution >= 0.6 is 0 Å². The fourth-order valence-electron chi connectivity index (χ4n) is 2.73. The zero-order valence-corrected chi connectivity index (χ0v) is 10.9. The highest BCUT2D eigenvalue weighted by molar-refractivity contribution is 5.37. The molecule has 2 nitrogen and oxygen atoms in total. The number of hydrogen-bond acceptors (Lipinski definition) is 2. The standard InChI is InChI=1S/C15H23NO/c1-3-8-16-9-6-12(2)15-11-14(17)5-4-13(15)7-10-16/h4-5,11-12,17H,3,6-10H2,1-2H3/t12-/m1/s1. The second-order valence-corrected chi connectivity index (χ2v) is 5.16. The van der Waals surface area contributed by atoms with Crippen LogP contribution in [-0.2, 0) is 6.42 Å². The highest BCUT2D eigenvalue weighted by Gasteiger charge is 2.17. The first-order valence-corrected chi connectivity index (χ1v) is 6.75. The van der Waals surface area contributed by atoms with Crippen LogP contribution in [0.15, 0.2) is 18.2 Å². The van der Waals surface area contributed by atoms with Gasteiger partial charge in [0.1, 0.15) is 5.75 Å². The molecule has 0 fully saturated rings. The molecule has 0 bridgehead atoms. The Morgan fingerprint density at radius 2 is 2.18 bits per heavy atom. The van der Waals surface area contributed by atoms with Gasteiger partial charge < -0.3 is 10.0 Å². The molecule has 0 radical (unpaired) electrons. The number of phenolic OH excluding ortho intramolecular Hbond substituents is 1. The van der Waals surface area contributed by atoms with Gasteiger partial charge in [-0.15, -0.1) is 0 Å². The van der Waals surface area contributed by atoms with Crippen LogP contribution in [0.1, 0.15) is 43.7 Å². The van der Waals surface area contributed by atoms with Crippen molar-refractivity contribution in [3.63, 3.8) is 0 Å². The molecule has 0 spiro atoms. The third-order valence-corrected chi connectivity index (χ3v) is 3.78. The molecule has 1 atom stereocenters. The largest absolute Gasteiger partial charge is 0.508 e. The Labute approximate surface area is 104 Å². The van der Waals surface area contributed by atoms with Crippen LogP contribution in [0.25, 0.3) is 0 Å². The number of fused-ring (bicyclic) bond motifs is 1. The average Bonchev–Trinajstić information content (AvgIpc) is 2.31. The van der Waals surface area contributed by atoms with Gasteiger partial charge in [-0.05, 0) is 61.5 Å². The topological polar surface area (TPSA) is 23.5 Å². The van der Waals surface area contributed by atoms with E-state index in [0.29, 0.717) is 11.7 Å². The Morgan fingerprint density at radius 3 is 2.94 bits per heavy atom. The van der Waals surface area contributed by atoms with Gasteiger partial charge >= 0.3 is 0 Å². The van der Waals surface area contributed by atoms with Gasteiger partial charge in [0.15, 0.2) is 0 Å². The molecule has 0 saturated heterocycles. The smallest absolute Gasteiger partial charge is 0.115 e. The third kappa shape index (κ3) is 3.01. The van der Waals surface area contributed by atoms with Crippen molar-refractivity contribution >= 4 is 0 Å². The zero-order chi connectivity index (χ0) is 12.3. The molecule has 1 aliphatic rings. The fourth-order valence-corrected chi connectivity index (χ4v) is 2.73. The van der Waals surface area contributed by atoms with Crippen molar-refractivity contribution < 1.29 is 5.11 Å². The molecule has 0 saturated carbocycles. The number of nitrogens with zero attached hydrogens (tertiary/aromatic N) is 1. The van der Waals surface area contributed by atoms with Gasteiger partial charge in [0, 0.05) is 6.54 Å². The maximum Gasteiger partial charge on any atom is 0.115 e. The highest BCUT2D eigenvalue weighted by atomic mass is 16.3. The zero-order valence-electron chi connectivity index (χ0n) is 10.9. The van der Waals surface area contributed by atoms with E-state index in [9.17, 15) is 5.11 Å². The van der Waals surface area contributed by atoms with Crippen molar-refractivity contribution in [2.24, 2.45) is 0 Å². The van der Waals surface area contributed by atoms with Crippen LogP contribution in [0.4, 0.5) is 0 Å². The van der Waals surface area contributed by atoms with Gasteiger partial charge in [-0.3, -0.25) is 0 Å². The van der Waals surface area contributed by atoms with Gasteiger partial charge in [-0.2, -0.15) is 0 Å². The van der Waals surface area contributed by atoms with E-state index in [1.165, 1.54) is 37.1 Å². The number of aromatic hydroxyl groups is 1. The van der Waals surface area contributed by atoms with Crippen LogP contribution in [0.2, 0.25) is 0 Å². The number of phenols is 1. The Morgan fingerprint density at radius 1 is 1.35 bits per heavy atom. The number of benzene rings is 1. The monoisotopic (exact) mass is 233 g/mol. The van der Waals surface area contributed by atoms with Crippen LogP contribution in [0.3, 0.4) is 0 Å². The summed E-state index contributed by atoms with van der Waals surface area (Å²) in [6, 6.07) is 5.86. The van der Waals surface area contributed by atoms with Gasteiger partial charge in [0.25, 0.3) is 0 Å². The van der Waals surface area contributed by atoms with Gasteiger partial charge in [-0.25, -0.2) is 0 Å². The predicted molar refractivity (Wildman–Crippen MR) is 71.6 cm³/mol. The quantitative estimate of drug-likeness (QED) is 0.848.